The van der Waals surface area contributed by atoms with Crippen LogP contribution in [-0.4, -0.2) is 0 Å². The monoisotopic (exact) mass is 1200 g/mol. The van der Waals surface area contributed by atoms with E-state index in [1.54, 1.807) is 11.1 Å². The van der Waals surface area contributed by atoms with Crippen LogP contribution in [0, 0.1) is 23.7 Å². The molecule has 21 rings (SSSR count). The summed E-state index contributed by atoms with van der Waals surface area (Å²) in [6, 6.07) is 108. The highest BCUT2D eigenvalue weighted by Crippen LogP contribution is 2.72. The molecule has 0 heterocycles. The minimum Gasteiger partial charge on any atom is -0.310 e. The fraction of sp³-hybridized carbons (Fsp3) is 0.174. The fourth-order valence-electron chi connectivity index (χ4n) is 20.0. The van der Waals surface area contributed by atoms with Crippen molar-refractivity contribution in [3.8, 4) is 55.6 Å². The molecule has 450 valence electrons. The van der Waals surface area contributed by atoms with E-state index in [1.165, 1.54) is 176 Å². The number of rotatable bonds is 8. The molecule has 0 aliphatic heterocycles. The van der Waals surface area contributed by atoms with Crippen LogP contribution in [0.1, 0.15) is 93.2 Å². The molecule has 2 heteroatoms. The molecule has 7 aliphatic carbocycles. The lowest BCUT2D eigenvalue weighted by molar-refractivity contribution is -0.0398. The van der Waals surface area contributed by atoms with Crippen LogP contribution in [-0.2, 0) is 16.2 Å². The molecule has 0 aromatic heterocycles. The van der Waals surface area contributed by atoms with E-state index in [9.17, 15) is 0 Å². The SMILES string of the molecule is CC1(C)c2cc(N(c3ccc(-c4ccccc4)cc3)c3cc4c(c5ccccc35)-c3c(cc(N(c5ccc(-c6ccccc6)cc5)c5ccc6c(c5)C(C)(C)c5cc7ccccc7cc5-6)c5ccccc35)C43C4CC5CC(C4)CC3C5)ccc2-c2cc3ccccc3cc21. The van der Waals surface area contributed by atoms with E-state index >= 15 is 0 Å². The Morgan fingerprint density at radius 2 is 0.596 bits per heavy atom. The van der Waals surface area contributed by atoms with Crippen LogP contribution >= 0.6 is 0 Å². The van der Waals surface area contributed by atoms with Gasteiger partial charge in [0.2, 0.25) is 0 Å². The Hall–Kier alpha value is -10.3. The maximum absolute atomic E-state index is 2.77. The molecule has 1 spiro atoms. The summed E-state index contributed by atoms with van der Waals surface area (Å²) in [5, 5.41) is 10.4. The molecule has 0 amide bonds. The van der Waals surface area contributed by atoms with Crippen molar-refractivity contribution in [3.63, 3.8) is 0 Å². The first-order valence-corrected chi connectivity index (χ1v) is 34.5. The van der Waals surface area contributed by atoms with E-state index < -0.39 is 0 Å². The van der Waals surface area contributed by atoms with Crippen molar-refractivity contribution in [1.82, 2.24) is 0 Å². The number of hydrogen-bond acceptors (Lipinski definition) is 2. The van der Waals surface area contributed by atoms with Crippen LogP contribution in [0.3, 0.4) is 0 Å². The first-order valence-electron chi connectivity index (χ1n) is 34.5. The van der Waals surface area contributed by atoms with Gasteiger partial charge in [0.15, 0.2) is 0 Å². The van der Waals surface area contributed by atoms with Gasteiger partial charge in [-0.25, -0.2) is 0 Å². The highest BCUT2D eigenvalue weighted by Gasteiger charge is 2.62. The Morgan fingerprint density at radius 1 is 0.266 bits per heavy atom. The van der Waals surface area contributed by atoms with Gasteiger partial charge in [-0.1, -0.05) is 222 Å². The Balaban J connectivity index is 0.831. The summed E-state index contributed by atoms with van der Waals surface area (Å²) in [6.07, 6.45) is 6.48. The molecule has 0 N–H and O–H groups in total. The zero-order valence-corrected chi connectivity index (χ0v) is 53.8. The highest BCUT2D eigenvalue weighted by molar-refractivity contribution is 6.18. The van der Waals surface area contributed by atoms with E-state index in [-0.39, 0.29) is 16.2 Å². The summed E-state index contributed by atoms with van der Waals surface area (Å²) < 4.78 is 0. The summed E-state index contributed by atoms with van der Waals surface area (Å²) in [7, 11) is 0. The number of benzene rings is 14. The van der Waals surface area contributed by atoms with Crippen LogP contribution < -0.4 is 9.80 Å². The average molecular weight is 1210 g/mol. The average Bonchev–Trinajstić information content (AvgIpc) is 1.48. The Bertz CT molecular complexity index is 5140. The van der Waals surface area contributed by atoms with Gasteiger partial charge in [-0.2, -0.15) is 0 Å². The molecular formula is C92H72N2. The third kappa shape index (κ3) is 7.66. The van der Waals surface area contributed by atoms with E-state index in [4.69, 9.17) is 0 Å². The molecule has 14 aromatic carbocycles. The molecule has 4 saturated carbocycles. The van der Waals surface area contributed by atoms with Crippen molar-refractivity contribution in [2.24, 2.45) is 23.7 Å². The molecule has 0 radical (unpaired) electrons. The van der Waals surface area contributed by atoms with Gasteiger partial charge >= 0.3 is 0 Å². The van der Waals surface area contributed by atoms with Crippen molar-refractivity contribution in [2.45, 2.75) is 76.0 Å². The first kappa shape index (κ1) is 54.3. The number of hydrogen-bond donors (Lipinski definition) is 0. The van der Waals surface area contributed by atoms with Crippen LogP contribution in [0.4, 0.5) is 34.1 Å². The van der Waals surface area contributed by atoms with Crippen molar-refractivity contribution < 1.29 is 0 Å². The highest BCUT2D eigenvalue weighted by atomic mass is 15.2. The van der Waals surface area contributed by atoms with Gasteiger partial charge in [0, 0.05) is 49.8 Å². The van der Waals surface area contributed by atoms with Crippen LogP contribution in [0.25, 0.3) is 98.7 Å². The molecule has 0 atom stereocenters. The third-order valence-electron chi connectivity index (χ3n) is 24.1. The Kier molecular flexibility index (Phi) is 11.5. The molecule has 4 fully saturated rings. The Morgan fingerprint density at radius 3 is 1.00 bits per heavy atom. The zero-order chi connectivity index (χ0) is 62.3. The standard InChI is InChI=1S/C92H72N2/c1-90(2)80-50-64-25-13-11-23-62(64)48-78(80)72-41-39-70(52-82(72)90)93(68-35-31-60(32-36-68)58-19-7-5-8-20-58)86-54-84-88(76-29-17-15-27-74(76)86)89-77-30-18-16-28-75(77)87(55-85(89)92(84)66-44-56-43-57(46-66)47-67(92)45-56)94(69-37-33-61(34-38-69)59-21-9-6-10-22-59)71-40-42-73-79-49-63-24-12-14-26-65(63)51-81(79)91(3,4)83(73)53-71/h5-42,48-57,66-67H,43-47H2,1-4H3. The minimum absolute atomic E-state index is 0.214. The van der Waals surface area contributed by atoms with Crippen molar-refractivity contribution in [2.75, 3.05) is 9.80 Å². The van der Waals surface area contributed by atoms with Crippen molar-refractivity contribution in [3.05, 3.63) is 312 Å². The lowest BCUT2D eigenvalue weighted by atomic mass is 9.43. The second-order valence-electron chi connectivity index (χ2n) is 29.6. The van der Waals surface area contributed by atoms with Gasteiger partial charge in [-0.05, 0) is 262 Å². The lowest BCUT2D eigenvalue weighted by Crippen LogP contribution is -2.55. The van der Waals surface area contributed by atoms with Crippen LogP contribution in [0.15, 0.2) is 279 Å². The van der Waals surface area contributed by atoms with Crippen LogP contribution in [0.5, 0.6) is 0 Å². The molecule has 2 nitrogen and oxygen atoms in total. The number of nitrogens with zero attached hydrogens (tertiary/aromatic N) is 2. The normalized spacial score (nSPS) is 19.1. The fourth-order valence-corrected chi connectivity index (χ4v) is 20.0. The molecule has 0 saturated heterocycles. The van der Waals surface area contributed by atoms with Gasteiger partial charge in [0.25, 0.3) is 0 Å². The predicted molar refractivity (Wildman–Crippen MR) is 395 cm³/mol. The number of fused-ring (bicyclic) bond motifs is 15. The van der Waals surface area contributed by atoms with Crippen LogP contribution in [0.2, 0.25) is 0 Å². The third-order valence-corrected chi connectivity index (χ3v) is 24.1. The predicted octanol–water partition coefficient (Wildman–Crippen LogP) is 24.9. The minimum atomic E-state index is -0.216. The molecule has 94 heavy (non-hydrogen) atoms. The topological polar surface area (TPSA) is 6.48 Å². The van der Waals surface area contributed by atoms with Crippen molar-refractivity contribution >= 4 is 77.2 Å². The summed E-state index contributed by atoms with van der Waals surface area (Å²) >= 11 is 0. The largest absolute Gasteiger partial charge is 0.310 e. The van der Waals surface area contributed by atoms with Gasteiger partial charge < -0.3 is 9.80 Å². The van der Waals surface area contributed by atoms with Crippen molar-refractivity contribution in [1.29, 1.82) is 0 Å². The summed E-state index contributed by atoms with van der Waals surface area (Å²) in [5.74, 6) is 2.56. The van der Waals surface area contributed by atoms with Gasteiger partial charge in [-0.15, -0.1) is 0 Å². The Labute approximate surface area is 551 Å². The van der Waals surface area contributed by atoms with E-state index in [2.05, 4.69) is 317 Å². The maximum Gasteiger partial charge on any atom is 0.0543 e. The molecular weight excluding hydrogens is 1130 g/mol. The van der Waals surface area contributed by atoms with E-state index in [0.717, 1.165) is 23.2 Å². The zero-order valence-electron chi connectivity index (χ0n) is 53.8. The summed E-state index contributed by atoms with van der Waals surface area (Å²) in [4.78, 5) is 5.31. The van der Waals surface area contributed by atoms with Gasteiger partial charge in [0.1, 0.15) is 0 Å². The van der Waals surface area contributed by atoms with Gasteiger partial charge in [-0.3, -0.25) is 0 Å². The lowest BCUT2D eigenvalue weighted by Gasteiger charge is -2.61. The quantitative estimate of drug-likeness (QED) is 0.150. The van der Waals surface area contributed by atoms with E-state index in [0.29, 0.717) is 11.8 Å². The summed E-state index contributed by atoms with van der Waals surface area (Å²) in [6.45, 7) is 9.77. The summed E-state index contributed by atoms with van der Waals surface area (Å²) in [5.41, 5.74) is 28.3. The van der Waals surface area contributed by atoms with E-state index in [1.807, 2.05) is 0 Å². The molecule has 14 aromatic rings. The molecule has 4 bridgehead atoms. The van der Waals surface area contributed by atoms with Gasteiger partial charge in [0.05, 0.1) is 11.4 Å². The second-order valence-corrected chi connectivity index (χ2v) is 29.6. The maximum atomic E-state index is 2.77. The first-order chi connectivity index (χ1) is 46.1. The molecule has 7 aliphatic rings. The smallest absolute Gasteiger partial charge is 0.0543 e. The number of anilines is 6. The second kappa shape index (κ2) is 19.9. The molecule has 0 unspecified atom stereocenters.